The summed E-state index contributed by atoms with van der Waals surface area (Å²) in [5, 5.41) is 4.56. The molecule has 0 unspecified atom stereocenters. The average molecular weight is 443 g/mol. The third-order valence-electron chi connectivity index (χ3n) is 5.31. The van der Waals surface area contributed by atoms with E-state index in [1.54, 1.807) is 23.1 Å². The first-order chi connectivity index (χ1) is 14.8. The van der Waals surface area contributed by atoms with Crippen LogP contribution >= 0.6 is 11.6 Å². The van der Waals surface area contributed by atoms with Crippen LogP contribution in [-0.2, 0) is 6.54 Å². The van der Waals surface area contributed by atoms with Crippen LogP contribution in [0.15, 0.2) is 52.1 Å². The van der Waals surface area contributed by atoms with Crippen molar-refractivity contribution in [1.29, 1.82) is 0 Å². The molecule has 1 fully saturated rings. The van der Waals surface area contributed by atoms with Gasteiger partial charge in [-0.25, -0.2) is 9.18 Å². The molecule has 0 saturated carbocycles. The molecule has 4 rings (SSSR count). The molecule has 1 aromatic heterocycles. The van der Waals surface area contributed by atoms with E-state index >= 15 is 0 Å². The summed E-state index contributed by atoms with van der Waals surface area (Å²) >= 11 is 6.22. The molecule has 1 aliphatic heterocycles. The van der Waals surface area contributed by atoms with E-state index in [-0.39, 0.29) is 12.2 Å². The number of rotatable bonds is 4. The Morgan fingerprint density at radius 2 is 1.77 bits per heavy atom. The van der Waals surface area contributed by atoms with Crippen molar-refractivity contribution in [2.45, 2.75) is 26.3 Å². The van der Waals surface area contributed by atoms with Gasteiger partial charge in [0.05, 0.1) is 12.2 Å². The van der Waals surface area contributed by atoms with E-state index in [1.165, 1.54) is 24.3 Å². The number of nitrogens with zero attached hydrogens (tertiary/aromatic N) is 4. The fraction of sp³-hybridized carbons (Fsp3) is 0.273. The van der Waals surface area contributed by atoms with Crippen molar-refractivity contribution in [3.63, 3.8) is 0 Å². The molecule has 2 heterocycles. The molecule has 2 aromatic carbocycles. The standard InChI is InChI=1S/C22H20ClFN4O3/c1-14-4-9-17(12-18(14)23)28-22(31)27(13-15-5-7-16(24)8-6-15)21(30)19(25-28)20(29)26-10-2-3-11-26/h4-9,12H,2-3,10-11,13H2,1H3. The maximum absolute atomic E-state index is 13.3. The molecule has 0 bridgehead atoms. The molecule has 1 amide bonds. The van der Waals surface area contributed by atoms with Gasteiger partial charge < -0.3 is 4.90 Å². The zero-order chi connectivity index (χ0) is 22.1. The molecule has 0 atom stereocenters. The van der Waals surface area contributed by atoms with Gasteiger partial charge in [0.2, 0.25) is 5.69 Å². The number of benzene rings is 2. The van der Waals surface area contributed by atoms with E-state index in [9.17, 15) is 18.8 Å². The first-order valence-corrected chi connectivity index (χ1v) is 10.3. The Balaban J connectivity index is 1.89. The predicted octanol–water partition coefficient (Wildman–Crippen LogP) is 2.78. The van der Waals surface area contributed by atoms with Crippen LogP contribution in [0, 0.1) is 12.7 Å². The minimum absolute atomic E-state index is 0.125. The normalized spacial score (nSPS) is 13.6. The molecule has 1 aliphatic rings. The van der Waals surface area contributed by atoms with Crippen LogP contribution < -0.4 is 11.2 Å². The van der Waals surface area contributed by atoms with Gasteiger partial charge in [0.25, 0.3) is 11.5 Å². The summed E-state index contributed by atoms with van der Waals surface area (Å²) in [6, 6.07) is 10.4. The number of carbonyl (C=O) groups is 1. The van der Waals surface area contributed by atoms with Crippen LogP contribution in [0.3, 0.4) is 0 Å². The Bertz CT molecular complexity index is 1260. The van der Waals surface area contributed by atoms with Gasteiger partial charge in [-0.1, -0.05) is 29.8 Å². The van der Waals surface area contributed by atoms with Crippen molar-refractivity contribution in [3.05, 3.63) is 91.0 Å². The Morgan fingerprint density at radius 3 is 2.42 bits per heavy atom. The number of aromatic nitrogens is 3. The van der Waals surface area contributed by atoms with Crippen molar-refractivity contribution in [1.82, 2.24) is 19.2 Å². The second kappa shape index (κ2) is 8.47. The fourth-order valence-electron chi connectivity index (χ4n) is 3.51. The van der Waals surface area contributed by atoms with Gasteiger partial charge in [-0.3, -0.25) is 14.2 Å². The highest BCUT2D eigenvalue weighted by Crippen LogP contribution is 2.18. The molecule has 0 N–H and O–H groups in total. The van der Waals surface area contributed by atoms with Crippen molar-refractivity contribution >= 4 is 17.5 Å². The Kier molecular flexibility index (Phi) is 5.73. The quantitative estimate of drug-likeness (QED) is 0.622. The number of aryl methyl sites for hydroxylation is 1. The number of carbonyl (C=O) groups excluding carboxylic acids is 1. The molecule has 0 radical (unpaired) electrons. The van der Waals surface area contributed by atoms with Gasteiger partial charge in [-0.2, -0.15) is 9.78 Å². The molecule has 160 valence electrons. The van der Waals surface area contributed by atoms with Crippen molar-refractivity contribution in [3.8, 4) is 5.69 Å². The van der Waals surface area contributed by atoms with Gasteiger partial charge in [-0.05, 0) is 55.2 Å². The highest BCUT2D eigenvalue weighted by molar-refractivity contribution is 6.31. The average Bonchev–Trinajstić information content (AvgIpc) is 3.29. The lowest BCUT2D eigenvalue weighted by Gasteiger charge is -2.17. The van der Waals surface area contributed by atoms with E-state index in [1.807, 2.05) is 6.92 Å². The third kappa shape index (κ3) is 4.16. The van der Waals surface area contributed by atoms with Gasteiger partial charge in [0.15, 0.2) is 0 Å². The summed E-state index contributed by atoms with van der Waals surface area (Å²) in [4.78, 5) is 40.8. The lowest BCUT2D eigenvalue weighted by molar-refractivity contribution is 0.0781. The van der Waals surface area contributed by atoms with Crippen LogP contribution in [0.5, 0.6) is 0 Å². The van der Waals surface area contributed by atoms with Crippen molar-refractivity contribution in [2.24, 2.45) is 0 Å². The second-order valence-corrected chi connectivity index (χ2v) is 7.90. The zero-order valence-corrected chi connectivity index (χ0v) is 17.6. The number of halogens is 2. The summed E-state index contributed by atoms with van der Waals surface area (Å²) in [5.74, 6) is -0.940. The summed E-state index contributed by atoms with van der Waals surface area (Å²) < 4.78 is 15.2. The van der Waals surface area contributed by atoms with Crippen molar-refractivity contribution < 1.29 is 9.18 Å². The number of likely N-dealkylation sites (tertiary alicyclic amines) is 1. The van der Waals surface area contributed by atoms with E-state index in [4.69, 9.17) is 11.6 Å². The summed E-state index contributed by atoms with van der Waals surface area (Å²) in [6.07, 6.45) is 1.70. The third-order valence-corrected chi connectivity index (χ3v) is 5.72. The summed E-state index contributed by atoms with van der Waals surface area (Å²) in [7, 11) is 0. The maximum Gasteiger partial charge on any atom is 0.352 e. The van der Waals surface area contributed by atoms with Crippen LogP contribution in [-0.4, -0.2) is 38.2 Å². The Morgan fingerprint density at radius 1 is 1.10 bits per heavy atom. The van der Waals surface area contributed by atoms with Crippen LogP contribution in [0.25, 0.3) is 5.69 Å². The van der Waals surface area contributed by atoms with Crippen LogP contribution in [0.2, 0.25) is 5.02 Å². The minimum atomic E-state index is -0.777. The molecular weight excluding hydrogens is 423 g/mol. The molecule has 0 aliphatic carbocycles. The first kappa shape index (κ1) is 21.0. The van der Waals surface area contributed by atoms with Crippen LogP contribution in [0.4, 0.5) is 4.39 Å². The van der Waals surface area contributed by atoms with Gasteiger partial charge in [0.1, 0.15) is 5.82 Å². The topological polar surface area (TPSA) is 77.2 Å². The van der Waals surface area contributed by atoms with Gasteiger partial charge in [-0.15, -0.1) is 0 Å². The molecule has 31 heavy (non-hydrogen) atoms. The zero-order valence-electron chi connectivity index (χ0n) is 16.8. The van der Waals surface area contributed by atoms with Gasteiger partial charge >= 0.3 is 5.69 Å². The summed E-state index contributed by atoms with van der Waals surface area (Å²) in [6.45, 7) is 2.77. The fourth-order valence-corrected chi connectivity index (χ4v) is 3.69. The molecule has 0 spiro atoms. The predicted molar refractivity (Wildman–Crippen MR) is 114 cm³/mol. The molecule has 3 aromatic rings. The van der Waals surface area contributed by atoms with Crippen LogP contribution in [0.1, 0.15) is 34.5 Å². The molecule has 9 heteroatoms. The number of amides is 1. The Labute approximate surface area is 182 Å². The molecule has 1 saturated heterocycles. The van der Waals surface area contributed by atoms with E-state index in [2.05, 4.69) is 5.10 Å². The van der Waals surface area contributed by atoms with E-state index < -0.39 is 23.0 Å². The SMILES string of the molecule is Cc1ccc(-n2nc(C(=O)N3CCCC3)c(=O)n(Cc3ccc(F)cc3)c2=O)cc1Cl. The van der Waals surface area contributed by atoms with Crippen molar-refractivity contribution in [2.75, 3.05) is 13.1 Å². The second-order valence-electron chi connectivity index (χ2n) is 7.49. The molecule has 7 nitrogen and oxygen atoms in total. The Hall–Kier alpha value is -3.26. The highest BCUT2D eigenvalue weighted by atomic mass is 35.5. The smallest absolute Gasteiger partial charge is 0.337 e. The molecular formula is C22H20ClFN4O3. The number of hydrogen-bond donors (Lipinski definition) is 0. The highest BCUT2D eigenvalue weighted by Gasteiger charge is 2.26. The van der Waals surface area contributed by atoms with E-state index in [0.717, 1.165) is 27.7 Å². The maximum atomic E-state index is 13.3. The number of hydrogen-bond acceptors (Lipinski definition) is 4. The lowest BCUT2D eigenvalue weighted by atomic mass is 10.2. The van der Waals surface area contributed by atoms with E-state index in [0.29, 0.717) is 29.4 Å². The lowest BCUT2D eigenvalue weighted by Crippen LogP contribution is -2.46. The first-order valence-electron chi connectivity index (χ1n) is 9.89. The largest absolute Gasteiger partial charge is 0.352 e. The monoisotopic (exact) mass is 442 g/mol. The minimum Gasteiger partial charge on any atom is -0.337 e. The van der Waals surface area contributed by atoms with Gasteiger partial charge in [0, 0.05) is 18.1 Å². The summed E-state index contributed by atoms with van der Waals surface area (Å²) in [5.41, 5.74) is -0.136.